The number of amides is 1. The molecule has 0 bridgehead atoms. The highest BCUT2D eigenvalue weighted by atomic mass is 16.3. The fourth-order valence-electron chi connectivity index (χ4n) is 4.45. The first-order chi connectivity index (χ1) is 13.2. The van der Waals surface area contributed by atoms with E-state index in [1.807, 2.05) is 54.7 Å². The number of para-hydroxylation sites is 1. The lowest BCUT2D eigenvalue weighted by molar-refractivity contribution is -0.121. The van der Waals surface area contributed by atoms with Crippen LogP contribution < -0.4 is 10.2 Å². The molecule has 3 aliphatic heterocycles. The number of anilines is 2. The largest absolute Gasteiger partial charge is 0.396 e. The number of nitrogens with zero attached hydrogens (tertiary/aromatic N) is 2. The molecule has 5 heteroatoms. The van der Waals surface area contributed by atoms with Crippen LogP contribution in [0.4, 0.5) is 11.4 Å². The van der Waals surface area contributed by atoms with E-state index in [1.54, 1.807) is 4.90 Å². The van der Waals surface area contributed by atoms with Gasteiger partial charge in [0, 0.05) is 36.5 Å². The highest BCUT2D eigenvalue weighted by Crippen LogP contribution is 2.43. The zero-order valence-corrected chi connectivity index (χ0v) is 14.9. The summed E-state index contributed by atoms with van der Waals surface area (Å²) in [6.07, 6.45) is 4.59. The normalized spacial score (nSPS) is 25.8. The summed E-state index contributed by atoms with van der Waals surface area (Å²) in [5.41, 5.74) is 4.46. The van der Waals surface area contributed by atoms with Gasteiger partial charge < -0.3 is 15.3 Å². The Morgan fingerprint density at radius 1 is 1.19 bits per heavy atom. The van der Waals surface area contributed by atoms with E-state index in [2.05, 4.69) is 16.4 Å². The van der Waals surface area contributed by atoms with E-state index < -0.39 is 5.54 Å². The summed E-state index contributed by atoms with van der Waals surface area (Å²) >= 11 is 0. The standard InChI is InChI=1S/C22H21N3O2/c26-14-18-13-25(19-7-5-15(6-8-19)17-9-10-23-12-17)21(27)22(18)11-16-3-1-2-4-20(16)24-22/h1-9,12,18,24,26H,10-11,13-14H2/t18?,22-/m0/s1. The molecule has 136 valence electrons. The van der Waals surface area contributed by atoms with Crippen LogP contribution in [0.2, 0.25) is 0 Å². The van der Waals surface area contributed by atoms with Crippen LogP contribution >= 0.6 is 0 Å². The summed E-state index contributed by atoms with van der Waals surface area (Å²) in [5, 5.41) is 13.4. The SMILES string of the molecule is O=C1N(c2ccc(C3=CCN=C3)cc2)CC(CO)[C@@]12Cc1ccccc1N2. The molecule has 1 fully saturated rings. The van der Waals surface area contributed by atoms with E-state index in [4.69, 9.17) is 0 Å². The Morgan fingerprint density at radius 2 is 2.00 bits per heavy atom. The van der Waals surface area contributed by atoms with Gasteiger partial charge in [-0.15, -0.1) is 0 Å². The number of hydrogen-bond donors (Lipinski definition) is 2. The number of rotatable bonds is 3. The minimum absolute atomic E-state index is 0.0232. The molecule has 0 saturated carbocycles. The van der Waals surface area contributed by atoms with Gasteiger partial charge in [-0.3, -0.25) is 9.79 Å². The van der Waals surface area contributed by atoms with Crippen molar-refractivity contribution in [2.45, 2.75) is 12.0 Å². The summed E-state index contributed by atoms with van der Waals surface area (Å²) in [6, 6.07) is 16.0. The van der Waals surface area contributed by atoms with Gasteiger partial charge in [0.2, 0.25) is 0 Å². The van der Waals surface area contributed by atoms with Crippen molar-refractivity contribution in [1.29, 1.82) is 0 Å². The molecule has 2 N–H and O–H groups in total. The van der Waals surface area contributed by atoms with E-state index in [0.717, 1.165) is 34.6 Å². The first-order valence-electron chi connectivity index (χ1n) is 9.30. The maximum atomic E-state index is 13.4. The molecule has 5 rings (SSSR count). The molecule has 0 aliphatic carbocycles. The maximum Gasteiger partial charge on any atom is 0.253 e. The first kappa shape index (κ1) is 16.3. The monoisotopic (exact) mass is 359 g/mol. The van der Waals surface area contributed by atoms with Crippen molar-refractivity contribution in [3.8, 4) is 0 Å². The zero-order chi connectivity index (χ0) is 18.4. The van der Waals surface area contributed by atoms with E-state index in [-0.39, 0.29) is 18.4 Å². The number of carbonyl (C=O) groups is 1. The minimum atomic E-state index is -0.752. The van der Waals surface area contributed by atoms with Crippen LogP contribution in [0, 0.1) is 5.92 Å². The second kappa shape index (κ2) is 6.06. The molecule has 5 nitrogen and oxygen atoms in total. The van der Waals surface area contributed by atoms with E-state index in [1.165, 1.54) is 0 Å². The molecular weight excluding hydrogens is 338 g/mol. The molecule has 1 saturated heterocycles. The van der Waals surface area contributed by atoms with Gasteiger partial charge in [0.25, 0.3) is 5.91 Å². The Labute approximate surface area is 158 Å². The molecule has 3 heterocycles. The Hall–Kier alpha value is -2.92. The molecular formula is C22H21N3O2. The summed E-state index contributed by atoms with van der Waals surface area (Å²) in [7, 11) is 0. The average molecular weight is 359 g/mol. The van der Waals surface area contributed by atoms with Gasteiger partial charge in [0.05, 0.1) is 13.2 Å². The van der Waals surface area contributed by atoms with Crippen molar-refractivity contribution < 1.29 is 9.90 Å². The summed E-state index contributed by atoms with van der Waals surface area (Å²) in [4.78, 5) is 19.5. The van der Waals surface area contributed by atoms with Gasteiger partial charge in [-0.05, 0) is 34.9 Å². The minimum Gasteiger partial charge on any atom is -0.396 e. The quantitative estimate of drug-likeness (QED) is 0.885. The molecule has 0 radical (unpaired) electrons. The van der Waals surface area contributed by atoms with Crippen LogP contribution in [0.5, 0.6) is 0 Å². The van der Waals surface area contributed by atoms with Crippen molar-refractivity contribution >= 4 is 29.1 Å². The summed E-state index contributed by atoms with van der Waals surface area (Å²) < 4.78 is 0. The summed E-state index contributed by atoms with van der Waals surface area (Å²) in [6.45, 7) is 1.22. The number of aliphatic imine (C=N–C) groups is 1. The number of aliphatic hydroxyl groups excluding tert-OH is 1. The second-order valence-electron chi connectivity index (χ2n) is 7.43. The lowest BCUT2D eigenvalue weighted by atomic mass is 9.84. The number of benzene rings is 2. The van der Waals surface area contributed by atoms with Crippen molar-refractivity contribution in [2.24, 2.45) is 10.9 Å². The highest BCUT2D eigenvalue weighted by molar-refractivity contribution is 6.12. The van der Waals surface area contributed by atoms with Crippen LogP contribution in [0.15, 0.2) is 59.6 Å². The molecule has 2 aromatic carbocycles. The molecule has 27 heavy (non-hydrogen) atoms. The third kappa shape index (κ3) is 2.42. The van der Waals surface area contributed by atoms with Gasteiger partial charge >= 0.3 is 0 Å². The van der Waals surface area contributed by atoms with Gasteiger partial charge in [0.15, 0.2) is 0 Å². The number of allylic oxidation sites excluding steroid dienone is 1. The molecule has 2 aromatic rings. The van der Waals surface area contributed by atoms with Gasteiger partial charge in [-0.1, -0.05) is 36.4 Å². The van der Waals surface area contributed by atoms with Crippen LogP contribution in [0.3, 0.4) is 0 Å². The van der Waals surface area contributed by atoms with E-state index in [9.17, 15) is 9.90 Å². The van der Waals surface area contributed by atoms with Gasteiger partial charge in [0.1, 0.15) is 5.54 Å². The van der Waals surface area contributed by atoms with Crippen molar-refractivity contribution in [2.75, 3.05) is 29.9 Å². The second-order valence-corrected chi connectivity index (χ2v) is 7.43. The Balaban J connectivity index is 1.45. The lowest BCUT2D eigenvalue weighted by Crippen LogP contribution is -2.50. The highest BCUT2D eigenvalue weighted by Gasteiger charge is 2.56. The van der Waals surface area contributed by atoms with Crippen molar-refractivity contribution in [1.82, 2.24) is 0 Å². The smallest absolute Gasteiger partial charge is 0.253 e. The Kier molecular flexibility index (Phi) is 3.65. The van der Waals surface area contributed by atoms with E-state index >= 15 is 0 Å². The maximum absolute atomic E-state index is 13.4. The molecule has 1 spiro atoms. The number of aliphatic hydroxyl groups is 1. The predicted octanol–water partition coefficient (Wildman–Crippen LogP) is 2.52. The van der Waals surface area contributed by atoms with Crippen LogP contribution in [-0.4, -0.2) is 42.5 Å². The molecule has 1 unspecified atom stereocenters. The van der Waals surface area contributed by atoms with Crippen molar-refractivity contribution in [3.63, 3.8) is 0 Å². The molecule has 1 amide bonds. The number of hydrogen-bond acceptors (Lipinski definition) is 4. The van der Waals surface area contributed by atoms with Crippen LogP contribution in [-0.2, 0) is 11.2 Å². The first-order valence-corrected chi connectivity index (χ1v) is 9.30. The molecule has 2 atom stereocenters. The number of fused-ring (bicyclic) bond motifs is 1. The predicted molar refractivity (Wildman–Crippen MR) is 107 cm³/mol. The average Bonchev–Trinajstić information content (AvgIpc) is 3.42. The topological polar surface area (TPSA) is 64.9 Å². The van der Waals surface area contributed by atoms with Crippen LogP contribution in [0.1, 0.15) is 11.1 Å². The summed E-state index contributed by atoms with van der Waals surface area (Å²) in [5.74, 6) is -0.117. The van der Waals surface area contributed by atoms with Gasteiger partial charge in [-0.25, -0.2) is 0 Å². The van der Waals surface area contributed by atoms with Crippen molar-refractivity contribution in [3.05, 3.63) is 65.7 Å². The lowest BCUT2D eigenvalue weighted by Gasteiger charge is -2.28. The Morgan fingerprint density at radius 3 is 2.70 bits per heavy atom. The number of carbonyl (C=O) groups excluding carboxylic acids is 1. The molecule has 0 aromatic heterocycles. The Bertz CT molecular complexity index is 937. The zero-order valence-electron chi connectivity index (χ0n) is 14.9. The third-order valence-electron chi connectivity index (χ3n) is 5.95. The van der Waals surface area contributed by atoms with Crippen LogP contribution in [0.25, 0.3) is 5.57 Å². The molecule has 3 aliphatic rings. The van der Waals surface area contributed by atoms with E-state index in [0.29, 0.717) is 13.0 Å². The van der Waals surface area contributed by atoms with Gasteiger partial charge in [-0.2, -0.15) is 0 Å². The third-order valence-corrected chi connectivity index (χ3v) is 5.95. The fourth-order valence-corrected chi connectivity index (χ4v) is 4.45. The number of nitrogens with one attached hydrogen (secondary N) is 1. The fraction of sp³-hybridized carbons (Fsp3) is 0.273.